The first-order chi connectivity index (χ1) is 18.1. The van der Waals surface area contributed by atoms with Crippen molar-refractivity contribution in [2.75, 3.05) is 26.4 Å². The van der Waals surface area contributed by atoms with E-state index in [1.807, 2.05) is 42.0 Å². The van der Waals surface area contributed by atoms with E-state index >= 15 is 0 Å². The molecule has 1 unspecified atom stereocenters. The first kappa shape index (κ1) is 24.4. The van der Waals surface area contributed by atoms with Crippen molar-refractivity contribution >= 4 is 17.4 Å². The fourth-order valence-electron chi connectivity index (χ4n) is 4.64. The normalized spacial score (nSPS) is 18.3. The fourth-order valence-corrected chi connectivity index (χ4v) is 4.64. The van der Waals surface area contributed by atoms with Gasteiger partial charge in [-0.15, -0.1) is 0 Å². The lowest BCUT2D eigenvalue weighted by molar-refractivity contribution is -0.139. The number of carbonyl (C=O) groups excluding carboxylic acids is 2. The summed E-state index contributed by atoms with van der Waals surface area (Å²) in [4.78, 5) is 32.2. The Morgan fingerprint density at radius 3 is 2.73 bits per heavy atom. The van der Waals surface area contributed by atoms with Crippen molar-refractivity contribution in [3.8, 4) is 17.2 Å². The molecule has 0 spiro atoms. The van der Waals surface area contributed by atoms with Crippen molar-refractivity contribution in [2.45, 2.75) is 32.4 Å². The summed E-state index contributed by atoms with van der Waals surface area (Å²) < 4.78 is 19.0. The molecular formula is C28H29N3O6. The van der Waals surface area contributed by atoms with Crippen molar-refractivity contribution in [2.24, 2.45) is 0 Å². The maximum absolute atomic E-state index is 13.3. The number of hydrogen-bond donors (Lipinski definition) is 1. The van der Waals surface area contributed by atoms with Crippen molar-refractivity contribution in [3.63, 3.8) is 0 Å². The van der Waals surface area contributed by atoms with E-state index in [0.717, 1.165) is 6.42 Å². The number of rotatable bonds is 9. The molecule has 9 heteroatoms. The molecule has 0 aliphatic carbocycles. The highest BCUT2D eigenvalue weighted by atomic mass is 16.6. The van der Waals surface area contributed by atoms with Crippen LogP contribution in [0.3, 0.4) is 0 Å². The monoisotopic (exact) mass is 503 g/mol. The van der Waals surface area contributed by atoms with Crippen LogP contribution < -0.4 is 14.2 Å². The minimum atomic E-state index is -0.763. The first-order valence-corrected chi connectivity index (χ1v) is 12.4. The van der Waals surface area contributed by atoms with E-state index in [1.54, 1.807) is 30.7 Å². The second-order valence-corrected chi connectivity index (χ2v) is 8.93. The summed E-state index contributed by atoms with van der Waals surface area (Å²) >= 11 is 0. The molecule has 0 radical (unpaired) electrons. The SMILES string of the molecule is CCCOc1cccc(C2/C(=C(/O)c3ccc4c(c3)OCCO4)C(=O)C(=O)N2CCCn2ccnc2)c1. The topological polar surface area (TPSA) is 103 Å². The van der Waals surface area contributed by atoms with E-state index in [4.69, 9.17) is 14.2 Å². The molecule has 9 nitrogen and oxygen atoms in total. The highest BCUT2D eigenvalue weighted by molar-refractivity contribution is 6.46. The number of ketones is 1. The van der Waals surface area contributed by atoms with Crippen LogP contribution >= 0.6 is 0 Å². The lowest BCUT2D eigenvalue weighted by Crippen LogP contribution is -2.31. The minimum Gasteiger partial charge on any atom is -0.507 e. The third kappa shape index (κ3) is 5.02. The molecule has 37 heavy (non-hydrogen) atoms. The summed E-state index contributed by atoms with van der Waals surface area (Å²) in [5.74, 6) is 0.0750. The Kier molecular flexibility index (Phi) is 7.11. The average Bonchev–Trinajstić information content (AvgIpc) is 3.54. The third-order valence-electron chi connectivity index (χ3n) is 6.38. The zero-order valence-electron chi connectivity index (χ0n) is 20.6. The van der Waals surface area contributed by atoms with Crippen molar-refractivity contribution in [3.05, 3.63) is 77.9 Å². The minimum absolute atomic E-state index is 0.0388. The Hall–Kier alpha value is -4.27. The van der Waals surface area contributed by atoms with Gasteiger partial charge < -0.3 is 28.8 Å². The molecule has 1 amide bonds. The molecule has 2 aliphatic rings. The first-order valence-electron chi connectivity index (χ1n) is 12.4. The quantitative estimate of drug-likeness (QED) is 0.268. The van der Waals surface area contributed by atoms with Crippen LogP contribution in [-0.2, 0) is 16.1 Å². The van der Waals surface area contributed by atoms with Crippen LogP contribution in [0.2, 0.25) is 0 Å². The van der Waals surface area contributed by atoms with Gasteiger partial charge in [0.15, 0.2) is 11.5 Å². The summed E-state index contributed by atoms with van der Waals surface area (Å²) in [5.41, 5.74) is 1.11. The Balaban J connectivity index is 1.53. The van der Waals surface area contributed by atoms with E-state index in [2.05, 4.69) is 4.98 Å². The van der Waals surface area contributed by atoms with Crippen LogP contribution in [0.15, 0.2) is 66.8 Å². The maximum Gasteiger partial charge on any atom is 0.295 e. The summed E-state index contributed by atoms with van der Waals surface area (Å²) in [6.45, 7) is 4.36. The Morgan fingerprint density at radius 2 is 1.95 bits per heavy atom. The number of fused-ring (bicyclic) bond motifs is 1. The number of aryl methyl sites for hydroxylation is 1. The second kappa shape index (κ2) is 10.8. The molecule has 1 fully saturated rings. The van der Waals surface area contributed by atoms with Gasteiger partial charge in [-0.1, -0.05) is 19.1 Å². The number of nitrogens with zero attached hydrogens (tertiary/aromatic N) is 3. The number of aliphatic hydroxyl groups is 1. The van der Waals surface area contributed by atoms with E-state index in [-0.39, 0.29) is 11.3 Å². The predicted octanol–water partition coefficient (Wildman–Crippen LogP) is 3.96. The van der Waals surface area contributed by atoms with Crippen molar-refractivity contribution in [1.82, 2.24) is 14.5 Å². The van der Waals surface area contributed by atoms with Crippen LogP contribution in [-0.4, -0.2) is 57.6 Å². The number of Topliss-reactive ketones (excluding diaryl/α,β-unsaturated/α-hetero) is 1. The van der Waals surface area contributed by atoms with Gasteiger partial charge >= 0.3 is 0 Å². The molecule has 1 aromatic heterocycles. The smallest absolute Gasteiger partial charge is 0.295 e. The van der Waals surface area contributed by atoms with E-state index in [1.165, 1.54) is 4.90 Å². The van der Waals surface area contributed by atoms with Crippen LogP contribution in [0.1, 0.15) is 36.9 Å². The van der Waals surface area contributed by atoms with Gasteiger partial charge in [-0.25, -0.2) is 4.98 Å². The lowest BCUT2D eigenvalue weighted by Gasteiger charge is -2.26. The van der Waals surface area contributed by atoms with Gasteiger partial charge in [0.25, 0.3) is 11.7 Å². The molecule has 192 valence electrons. The summed E-state index contributed by atoms with van der Waals surface area (Å²) in [5, 5.41) is 11.4. The number of hydrogen-bond acceptors (Lipinski definition) is 7. The van der Waals surface area contributed by atoms with E-state index in [0.29, 0.717) is 67.7 Å². The molecule has 5 rings (SSSR count). The van der Waals surface area contributed by atoms with Crippen molar-refractivity contribution in [1.29, 1.82) is 0 Å². The number of likely N-dealkylation sites (tertiary alicyclic amines) is 1. The maximum atomic E-state index is 13.3. The van der Waals surface area contributed by atoms with Gasteiger partial charge in [0, 0.05) is 31.0 Å². The van der Waals surface area contributed by atoms with Crippen LogP contribution in [0, 0.1) is 0 Å². The molecule has 3 aromatic rings. The van der Waals surface area contributed by atoms with Gasteiger partial charge in [-0.2, -0.15) is 0 Å². The summed E-state index contributed by atoms with van der Waals surface area (Å²) in [7, 11) is 0. The zero-order valence-corrected chi connectivity index (χ0v) is 20.6. The van der Waals surface area contributed by atoms with Gasteiger partial charge in [0.05, 0.1) is 24.5 Å². The number of amides is 1. The van der Waals surface area contributed by atoms with Gasteiger partial charge in [-0.05, 0) is 48.7 Å². The summed E-state index contributed by atoms with van der Waals surface area (Å²) in [6, 6.07) is 11.6. The number of aromatic nitrogens is 2. The number of aliphatic hydroxyl groups excluding tert-OH is 1. The molecule has 0 bridgehead atoms. The summed E-state index contributed by atoms with van der Waals surface area (Å²) in [6.07, 6.45) is 6.71. The number of imidazole rings is 1. The predicted molar refractivity (Wildman–Crippen MR) is 136 cm³/mol. The Labute approximate surface area is 214 Å². The largest absolute Gasteiger partial charge is 0.507 e. The molecule has 1 N–H and O–H groups in total. The number of ether oxygens (including phenoxy) is 3. The zero-order chi connectivity index (χ0) is 25.8. The highest BCUT2D eigenvalue weighted by Crippen LogP contribution is 2.41. The Bertz CT molecular complexity index is 1320. The average molecular weight is 504 g/mol. The van der Waals surface area contributed by atoms with E-state index in [9.17, 15) is 14.7 Å². The third-order valence-corrected chi connectivity index (χ3v) is 6.38. The van der Waals surface area contributed by atoms with Gasteiger partial charge in [0.1, 0.15) is 24.7 Å². The van der Waals surface area contributed by atoms with Crippen LogP contribution in [0.4, 0.5) is 0 Å². The van der Waals surface area contributed by atoms with Crippen LogP contribution in [0.25, 0.3) is 5.76 Å². The van der Waals surface area contributed by atoms with Crippen molar-refractivity contribution < 1.29 is 28.9 Å². The molecule has 1 saturated heterocycles. The second-order valence-electron chi connectivity index (χ2n) is 8.93. The fraction of sp³-hybridized carbons (Fsp3) is 0.321. The number of carbonyl (C=O) groups is 2. The Morgan fingerprint density at radius 1 is 1.11 bits per heavy atom. The molecule has 3 heterocycles. The standard InChI is InChI=1S/C28H29N3O6/c1-2-13-35-21-6-3-5-19(16-21)25-24(26(32)20-7-8-22-23(17-20)37-15-14-36-22)27(33)28(34)31(25)11-4-10-30-12-9-29-18-30/h3,5-9,12,16-18,25,32H,2,4,10-11,13-15H2,1H3/b26-24-. The molecular weight excluding hydrogens is 474 g/mol. The number of benzene rings is 2. The molecule has 2 aliphatic heterocycles. The molecule has 0 saturated carbocycles. The van der Waals surface area contributed by atoms with Gasteiger partial charge in [0.2, 0.25) is 0 Å². The lowest BCUT2D eigenvalue weighted by atomic mass is 9.95. The van der Waals surface area contributed by atoms with E-state index < -0.39 is 17.7 Å². The molecule has 1 atom stereocenters. The molecule has 2 aromatic carbocycles. The van der Waals surface area contributed by atoms with Crippen LogP contribution in [0.5, 0.6) is 17.2 Å². The highest BCUT2D eigenvalue weighted by Gasteiger charge is 2.46. The van der Waals surface area contributed by atoms with Gasteiger partial charge in [-0.3, -0.25) is 9.59 Å².